The van der Waals surface area contributed by atoms with Crippen LogP contribution in [-0.2, 0) is 0 Å². The molecule has 0 aliphatic rings. The molecule has 0 fully saturated rings. The van der Waals surface area contributed by atoms with E-state index >= 15 is 0 Å². The molecule has 2 rings (SSSR count). The molecule has 0 atom stereocenters. The Kier molecular flexibility index (Phi) is 9.77. The van der Waals surface area contributed by atoms with Crippen molar-refractivity contribution in [3.05, 3.63) is 65.7 Å². The molecule has 0 aliphatic heterocycles. The van der Waals surface area contributed by atoms with Crippen LogP contribution in [0.3, 0.4) is 0 Å². The number of anilines is 1. The molecular formula is C20H19F6N7S2. The van der Waals surface area contributed by atoms with Crippen molar-refractivity contribution in [3.8, 4) is 0 Å². The van der Waals surface area contributed by atoms with Crippen LogP contribution in [0.4, 0.5) is 32.0 Å². The number of nitrogens with two attached hydrogens (primary N) is 1. The van der Waals surface area contributed by atoms with Gasteiger partial charge in [-0.3, -0.25) is 10.9 Å². The zero-order chi connectivity index (χ0) is 26.1. The van der Waals surface area contributed by atoms with Crippen LogP contribution in [-0.4, -0.2) is 47.1 Å². The molecule has 0 bridgehead atoms. The second kappa shape index (κ2) is 12.3. The number of halogens is 6. The number of alkyl halides is 6. The fraction of sp³-hybridized carbons (Fsp3) is 0.200. The van der Waals surface area contributed by atoms with Gasteiger partial charge in [-0.2, -0.15) is 36.5 Å². The van der Waals surface area contributed by atoms with E-state index in [4.69, 9.17) is 30.2 Å². The number of rotatable bonds is 7. The number of benzene rings is 2. The van der Waals surface area contributed by atoms with Crippen LogP contribution >= 0.6 is 24.4 Å². The van der Waals surface area contributed by atoms with E-state index in [9.17, 15) is 26.3 Å². The van der Waals surface area contributed by atoms with Crippen molar-refractivity contribution < 1.29 is 26.3 Å². The van der Waals surface area contributed by atoms with Crippen LogP contribution in [0.1, 0.15) is 11.1 Å². The van der Waals surface area contributed by atoms with Crippen molar-refractivity contribution in [2.24, 2.45) is 10.2 Å². The number of hydrogen-bond acceptors (Lipinski definition) is 5. The van der Waals surface area contributed by atoms with E-state index in [-0.39, 0.29) is 11.4 Å². The molecule has 35 heavy (non-hydrogen) atoms. The van der Waals surface area contributed by atoms with E-state index < -0.39 is 35.7 Å². The molecule has 7 nitrogen and oxygen atoms in total. The minimum Gasteiger partial charge on any atom is -0.399 e. The van der Waals surface area contributed by atoms with Crippen molar-refractivity contribution in [1.82, 2.24) is 21.5 Å². The Morgan fingerprint density at radius 3 is 1.49 bits per heavy atom. The Labute approximate surface area is 206 Å². The molecule has 0 unspecified atom stereocenters. The Morgan fingerprint density at radius 1 is 0.686 bits per heavy atom. The zero-order valence-corrected chi connectivity index (χ0v) is 19.3. The second-order valence-corrected chi connectivity index (χ2v) is 7.54. The van der Waals surface area contributed by atoms with Gasteiger partial charge >= 0.3 is 12.4 Å². The fourth-order valence-corrected chi connectivity index (χ4v) is 2.63. The van der Waals surface area contributed by atoms with Crippen molar-refractivity contribution >= 4 is 51.8 Å². The average molecular weight is 536 g/mol. The van der Waals surface area contributed by atoms with E-state index in [0.29, 0.717) is 16.8 Å². The first kappa shape index (κ1) is 27.8. The lowest BCUT2D eigenvalue weighted by atomic mass is 10.00. The third kappa shape index (κ3) is 10.6. The third-order valence-corrected chi connectivity index (χ3v) is 4.36. The van der Waals surface area contributed by atoms with E-state index in [1.54, 1.807) is 54.6 Å². The van der Waals surface area contributed by atoms with Crippen molar-refractivity contribution in [1.29, 1.82) is 0 Å². The van der Waals surface area contributed by atoms with Gasteiger partial charge in [-0.25, -0.2) is 0 Å². The molecule has 0 aliphatic carbocycles. The van der Waals surface area contributed by atoms with E-state index in [1.807, 2.05) is 10.6 Å². The molecule has 0 aromatic heterocycles. The number of hydrogen-bond donors (Lipinski definition) is 5. The summed E-state index contributed by atoms with van der Waals surface area (Å²) in [7, 11) is 0. The summed E-state index contributed by atoms with van der Waals surface area (Å²) in [6.07, 6.45) is -9.01. The van der Waals surface area contributed by atoms with Gasteiger partial charge in [-0.1, -0.05) is 42.5 Å². The van der Waals surface area contributed by atoms with Crippen molar-refractivity contribution in [3.63, 3.8) is 0 Å². The van der Waals surface area contributed by atoms with Crippen LogP contribution in [0.25, 0.3) is 0 Å². The molecule has 0 saturated heterocycles. The van der Waals surface area contributed by atoms with Crippen molar-refractivity contribution in [2.75, 3.05) is 18.8 Å². The lowest BCUT2D eigenvalue weighted by molar-refractivity contribution is -0.122. The second-order valence-electron chi connectivity index (χ2n) is 6.73. The minimum absolute atomic E-state index is 0.0819. The number of thiocarbonyl (C=S) groups is 2. The molecule has 0 saturated carbocycles. The molecule has 15 heteroatoms. The topological polar surface area (TPSA) is 98.9 Å². The monoisotopic (exact) mass is 535 g/mol. The van der Waals surface area contributed by atoms with Gasteiger partial charge in [-0.15, -0.1) is 0 Å². The normalized spacial score (nSPS) is 12.6. The van der Waals surface area contributed by atoms with E-state index in [2.05, 4.69) is 21.1 Å². The maximum Gasteiger partial charge on any atom is 0.405 e. The SMILES string of the molecule is Nc1ccc(C(=N\NC(=S)NCC(F)(F)F)/C(=N/NC(=S)NCC(F)(F)F)c2ccccc2)cc1. The Hall–Kier alpha value is -3.46. The largest absolute Gasteiger partial charge is 0.405 e. The number of hydrazone groups is 2. The number of nitrogens with zero attached hydrogens (tertiary/aromatic N) is 2. The predicted octanol–water partition coefficient (Wildman–Crippen LogP) is 3.43. The van der Waals surface area contributed by atoms with Gasteiger partial charge in [0.1, 0.15) is 24.5 Å². The first-order chi connectivity index (χ1) is 16.3. The predicted molar refractivity (Wildman–Crippen MR) is 130 cm³/mol. The maximum absolute atomic E-state index is 12.5. The zero-order valence-electron chi connectivity index (χ0n) is 17.7. The molecule has 0 radical (unpaired) electrons. The molecule has 0 spiro atoms. The molecule has 2 aromatic rings. The minimum atomic E-state index is -4.51. The van der Waals surface area contributed by atoms with Gasteiger partial charge in [0.05, 0.1) is 0 Å². The summed E-state index contributed by atoms with van der Waals surface area (Å²) in [5, 5.41) is 11.3. The number of nitrogen functional groups attached to an aromatic ring is 1. The Morgan fingerprint density at radius 2 is 1.09 bits per heavy atom. The van der Waals surface area contributed by atoms with E-state index in [1.165, 1.54) is 0 Å². The van der Waals surface area contributed by atoms with Gasteiger partial charge in [-0.05, 0) is 36.6 Å². The average Bonchev–Trinajstić information content (AvgIpc) is 2.79. The van der Waals surface area contributed by atoms with Gasteiger partial charge in [0, 0.05) is 16.8 Å². The van der Waals surface area contributed by atoms with Crippen LogP contribution in [0.5, 0.6) is 0 Å². The van der Waals surface area contributed by atoms with Gasteiger partial charge < -0.3 is 16.4 Å². The molecule has 0 heterocycles. The maximum atomic E-state index is 12.5. The van der Waals surface area contributed by atoms with Crippen LogP contribution < -0.4 is 27.2 Å². The summed E-state index contributed by atoms with van der Waals surface area (Å²) in [4.78, 5) is 0. The van der Waals surface area contributed by atoms with Crippen LogP contribution in [0, 0.1) is 0 Å². The standard InChI is InChI=1S/C20H19F6N7S2/c21-19(22,23)10-28-17(34)32-30-15(12-4-2-1-3-5-12)16(13-6-8-14(27)9-7-13)31-33-18(35)29-11-20(24,25)26/h1-9H,10-11,27H2,(H2,28,32,34)(H2,29,33,35)/b30-15+,31-16+. The van der Waals surface area contributed by atoms with Crippen LogP contribution in [0.2, 0.25) is 0 Å². The third-order valence-electron chi connectivity index (χ3n) is 3.89. The molecule has 2 aromatic carbocycles. The summed E-state index contributed by atoms with van der Waals surface area (Å²) in [5.74, 6) is 0. The van der Waals surface area contributed by atoms with Crippen LogP contribution in [0.15, 0.2) is 64.8 Å². The molecular weight excluding hydrogens is 516 g/mol. The highest BCUT2D eigenvalue weighted by atomic mass is 32.1. The summed E-state index contributed by atoms with van der Waals surface area (Å²) in [5.41, 5.74) is 11.9. The first-order valence-electron chi connectivity index (χ1n) is 9.62. The number of nitrogens with one attached hydrogen (secondary N) is 4. The lowest BCUT2D eigenvalue weighted by Crippen LogP contribution is -2.40. The quantitative estimate of drug-likeness (QED) is 0.122. The fourth-order valence-electron chi connectivity index (χ4n) is 2.40. The Bertz CT molecular complexity index is 1070. The van der Waals surface area contributed by atoms with Gasteiger partial charge in [0.15, 0.2) is 10.2 Å². The molecule has 0 amide bonds. The lowest BCUT2D eigenvalue weighted by Gasteiger charge is -2.15. The summed E-state index contributed by atoms with van der Waals surface area (Å²) < 4.78 is 74.8. The van der Waals surface area contributed by atoms with Gasteiger partial charge in [0.25, 0.3) is 0 Å². The van der Waals surface area contributed by atoms with E-state index in [0.717, 1.165) is 0 Å². The summed E-state index contributed by atoms with van der Waals surface area (Å²) >= 11 is 9.70. The highest BCUT2D eigenvalue weighted by molar-refractivity contribution is 7.80. The van der Waals surface area contributed by atoms with Gasteiger partial charge in [0.2, 0.25) is 0 Å². The smallest absolute Gasteiger partial charge is 0.399 e. The highest BCUT2D eigenvalue weighted by Gasteiger charge is 2.28. The van der Waals surface area contributed by atoms with Crippen molar-refractivity contribution in [2.45, 2.75) is 12.4 Å². The Balaban J connectivity index is 2.42. The molecule has 6 N–H and O–H groups in total. The summed E-state index contributed by atoms with van der Waals surface area (Å²) in [6, 6.07) is 14.6. The highest BCUT2D eigenvalue weighted by Crippen LogP contribution is 2.14. The first-order valence-corrected chi connectivity index (χ1v) is 10.4. The summed E-state index contributed by atoms with van der Waals surface area (Å²) in [6.45, 7) is -2.76. The molecule has 188 valence electrons.